The molecule has 0 fully saturated rings. The zero-order chi connectivity index (χ0) is 18.4. The second-order valence-corrected chi connectivity index (χ2v) is 6.18. The van der Waals surface area contributed by atoms with Crippen molar-refractivity contribution in [1.29, 1.82) is 0 Å². The van der Waals surface area contributed by atoms with Crippen LogP contribution < -0.4 is 10.1 Å². The monoisotopic (exact) mass is 346 g/mol. The van der Waals surface area contributed by atoms with E-state index in [9.17, 15) is 4.79 Å². The molecule has 0 saturated heterocycles. The number of carbonyl (C=O) groups excluding carboxylic acids is 1. The normalized spacial score (nSPS) is 11.6. The van der Waals surface area contributed by atoms with Gasteiger partial charge in [-0.25, -0.2) is 0 Å². The maximum atomic E-state index is 12.6. The number of aromatic nitrogens is 1. The van der Waals surface area contributed by atoms with E-state index < -0.39 is 0 Å². The Morgan fingerprint density at radius 3 is 2.65 bits per heavy atom. The smallest absolute Gasteiger partial charge is 0.251 e. The molecule has 4 heteroatoms. The number of ether oxygens (including phenoxy) is 1. The minimum atomic E-state index is -0.0924. The van der Waals surface area contributed by atoms with Gasteiger partial charge in [-0.2, -0.15) is 0 Å². The molecule has 0 spiro atoms. The Bertz CT molecular complexity index is 878. The van der Waals surface area contributed by atoms with Crippen molar-refractivity contribution in [3.63, 3.8) is 0 Å². The van der Waals surface area contributed by atoms with E-state index in [4.69, 9.17) is 4.74 Å². The van der Waals surface area contributed by atoms with E-state index in [0.29, 0.717) is 12.0 Å². The average Bonchev–Trinajstić information content (AvgIpc) is 2.68. The highest BCUT2D eigenvalue weighted by molar-refractivity contribution is 5.95. The molecule has 4 nitrogen and oxygen atoms in total. The molecule has 0 saturated carbocycles. The van der Waals surface area contributed by atoms with Crippen LogP contribution >= 0.6 is 0 Å². The number of methoxy groups -OCH3 is 1. The maximum Gasteiger partial charge on any atom is 0.251 e. The van der Waals surface area contributed by atoms with Gasteiger partial charge in [-0.15, -0.1) is 0 Å². The van der Waals surface area contributed by atoms with Crippen molar-refractivity contribution in [3.8, 4) is 16.9 Å². The van der Waals surface area contributed by atoms with Crippen molar-refractivity contribution in [2.75, 3.05) is 7.11 Å². The van der Waals surface area contributed by atoms with Gasteiger partial charge in [0.05, 0.1) is 7.11 Å². The summed E-state index contributed by atoms with van der Waals surface area (Å²) in [6.45, 7) is 1.98. The number of hydrogen-bond acceptors (Lipinski definition) is 3. The third kappa shape index (κ3) is 4.28. The van der Waals surface area contributed by atoms with Gasteiger partial charge in [0, 0.05) is 35.5 Å². The van der Waals surface area contributed by atoms with Gasteiger partial charge < -0.3 is 10.1 Å². The summed E-state index contributed by atoms with van der Waals surface area (Å²) in [5, 5.41) is 3.04. The molecule has 1 amide bonds. The molecule has 2 aromatic carbocycles. The van der Waals surface area contributed by atoms with Gasteiger partial charge in [0.15, 0.2) is 0 Å². The Balaban J connectivity index is 1.74. The number of amides is 1. The number of benzene rings is 2. The third-order valence-electron chi connectivity index (χ3n) is 4.16. The quantitative estimate of drug-likeness (QED) is 0.730. The Morgan fingerprint density at radius 1 is 1.08 bits per heavy atom. The molecule has 1 N–H and O–H groups in total. The topological polar surface area (TPSA) is 51.2 Å². The van der Waals surface area contributed by atoms with Crippen molar-refractivity contribution in [1.82, 2.24) is 10.3 Å². The second-order valence-electron chi connectivity index (χ2n) is 6.18. The second kappa shape index (κ2) is 8.30. The molecule has 0 radical (unpaired) electrons. The molecular weight excluding hydrogens is 324 g/mol. The molecule has 0 bridgehead atoms. The molecule has 3 rings (SSSR count). The molecule has 0 aliphatic rings. The van der Waals surface area contributed by atoms with E-state index in [1.54, 1.807) is 13.3 Å². The number of nitrogens with zero attached hydrogens (tertiary/aromatic N) is 1. The summed E-state index contributed by atoms with van der Waals surface area (Å²) >= 11 is 0. The average molecular weight is 346 g/mol. The first kappa shape index (κ1) is 17.7. The van der Waals surface area contributed by atoms with Gasteiger partial charge in [0.25, 0.3) is 5.91 Å². The first-order chi connectivity index (χ1) is 12.7. The Kier molecular flexibility index (Phi) is 5.64. The summed E-state index contributed by atoms with van der Waals surface area (Å²) < 4.78 is 5.42. The van der Waals surface area contributed by atoms with E-state index in [1.807, 2.05) is 73.7 Å². The number of pyridine rings is 1. The summed E-state index contributed by atoms with van der Waals surface area (Å²) in [4.78, 5) is 16.9. The Hall–Kier alpha value is -3.14. The van der Waals surface area contributed by atoms with Gasteiger partial charge in [0.1, 0.15) is 5.75 Å². The summed E-state index contributed by atoms with van der Waals surface area (Å²) in [6.07, 6.45) is 2.46. The zero-order valence-electron chi connectivity index (χ0n) is 15.0. The predicted molar refractivity (Wildman–Crippen MR) is 103 cm³/mol. The molecule has 132 valence electrons. The van der Waals surface area contributed by atoms with Gasteiger partial charge in [-0.3, -0.25) is 9.78 Å². The van der Waals surface area contributed by atoms with Crippen LogP contribution in [0.3, 0.4) is 0 Å². The van der Waals surface area contributed by atoms with E-state index >= 15 is 0 Å². The van der Waals surface area contributed by atoms with Crippen molar-refractivity contribution in [2.45, 2.75) is 19.4 Å². The molecule has 0 aliphatic heterocycles. The number of para-hydroxylation sites is 1. The first-order valence-electron chi connectivity index (χ1n) is 8.61. The van der Waals surface area contributed by atoms with Crippen molar-refractivity contribution in [3.05, 3.63) is 84.2 Å². The largest absolute Gasteiger partial charge is 0.496 e. The van der Waals surface area contributed by atoms with E-state index in [-0.39, 0.29) is 11.9 Å². The van der Waals surface area contributed by atoms with Gasteiger partial charge in [-0.05, 0) is 42.8 Å². The van der Waals surface area contributed by atoms with Crippen molar-refractivity contribution < 1.29 is 9.53 Å². The fourth-order valence-electron chi connectivity index (χ4n) is 2.90. The molecule has 0 unspecified atom stereocenters. The Labute approximate surface area is 153 Å². The molecule has 1 atom stereocenters. The fourth-order valence-corrected chi connectivity index (χ4v) is 2.90. The highest BCUT2D eigenvalue weighted by Crippen LogP contribution is 2.29. The lowest BCUT2D eigenvalue weighted by Crippen LogP contribution is -2.34. The standard InChI is InChI=1S/C22H22N2O2/c1-16(14-19-10-5-6-13-23-19)24-22(25)18-9-7-8-17(15-18)20-11-3-4-12-21(20)26-2/h3-13,15-16H,14H2,1-2H3,(H,24,25)/t16-/m0/s1. The molecule has 3 aromatic rings. The third-order valence-corrected chi connectivity index (χ3v) is 4.16. The van der Waals surface area contributed by atoms with Crippen LogP contribution in [0.25, 0.3) is 11.1 Å². The summed E-state index contributed by atoms with van der Waals surface area (Å²) in [6, 6.07) is 21.2. The van der Waals surface area contributed by atoms with Crippen molar-refractivity contribution >= 4 is 5.91 Å². The van der Waals surface area contributed by atoms with Crippen LogP contribution in [0.5, 0.6) is 5.75 Å². The number of hydrogen-bond donors (Lipinski definition) is 1. The zero-order valence-corrected chi connectivity index (χ0v) is 15.0. The van der Waals surface area contributed by atoms with E-state index in [1.165, 1.54) is 0 Å². The Morgan fingerprint density at radius 2 is 1.88 bits per heavy atom. The van der Waals surface area contributed by atoms with Gasteiger partial charge in [0.2, 0.25) is 0 Å². The number of nitrogens with one attached hydrogen (secondary N) is 1. The lowest BCUT2D eigenvalue weighted by Gasteiger charge is -2.14. The number of rotatable bonds is 6. The molecule has 1 heterocycles. The van der Waals surface area contributed by atoms with Crippen LogP contribution in [0.15, 0.2) is 72.9 Å². The van der Waals surface area contributed by atoms with Crippen LogP contribution in [0.4, 0.5) is 0 Å². The molecule has 0 aliphatic carbocycles. The molecule has 26 heavy (non-hydrogen) atoms. The van der Waals surface area contributed by atoms with E-state index in [0.717, 1.165) is 22.6 Å². The SMILES string of the molecule is COc1ccccc1-c1cccc(C(=O)N[C@@H](C)Cc2ccccn2)c1. The maximum absolute atomic E-state index is 12.6. The predicted octanol–water partition coefficient (Wildman–Crippen LogP) is 4.12. The fraction of sp³-hybridized carbons (Fsp3) is 0.182. The van der Waals surface area contributed by atoms with Crippen LogP contribution in [0.2, 0.25) is 0 Å². The van der Waals surface area contributed by atoms with Crippen LogP contribution in [0.1, 0.15) is 23.0 Å². The van der Waals surface area contributed by atoms with Crippen LogP contribution in [-0.2, 0) is 6.42 Å². The van der Waals surface area contributed by atoms with Crippen LogP contribution in [-0.4, -0.2) is 24.0 Å². The van der Waals surface area contributed by atoms with E-state index in [2.05, 4.69) is 10.3 Å². The highest BCUT2D eigenvalue weighted by Gasteiger charge is 2.13. The van der Waals surface area contributed by atoms with Gasteiger partial charge in [-0.1, -0.05) is 36.4 Å². The minimum Gasteiger partial charge on any atom is -0.496 e. The lowest BCUT2D eigenvalue weighted by molar-refractivity contribution is 0.0940. The minimum absolute atomic E-state index is 0.00711. The lowest BCUT2D eigenvalue weighted by atomic mass is 10.0. The summed E-state index contributed by atoms with van der Waals surface area (Å²) in [7, 11) is 1.65. The number of carbonyl (C=O) groups is 1. The summed E-state index contributed by atoms with van der Waals surface area (Å²) in [5.41, 5.74) is 3.50. The summed E-state index contributed by atoms with van der Waals surface area (Å²) in [5.74, 6) is 0.693. The van der Waals surface area contributed by atoms with Crippen molar-refractivity contribution in [2.24, 2.45) is 0 Å². The van der Waals surface area contributed by atoms with Crippen LogP contribution in [0, 0.1) is 0 Å². The first-order valence-corrected chi connectivity index (χ1v) is 8.61. The highest BCUT2D eigenvalue weighted by atomic mass is 16.5. The van der Waals surface area contributed by atoms with Gasteiger partial charge >= 0.3 is 0 Å². The molecule has 1 aromatic heterocycles. The molecular formula is C22H22N2O2.